The van der Waals surface area contributed by atoms with Crippen LogP contribution in [0.25, 0.3) is 0 Å². The Kier molecular flexibility index (Phi) is 3.82. The molecular formula is C18H21NO5. The Morgan fingerprint density at radius 3 is 2.75 bits per heavy atom. The lowest BCUT2D eigenvalue weighted by molar-refractivity contribution is -0.141. The first-order valence-electron chi connectivity index (χ1n) is 8.61. The van der Waals surface area contributed by atoms with Gasteiger partial charge in [-0.2, -0.15) is 0 Å². The fourth-order valence-electron chi connectivity index (χ4n) is 4.35. The maximum atomic E-state index is 13.2. The number of para-hydroxylation sites is 1. The number of carboxylic acid groups (broad SMARTS) is 1. The Morgan fingerprint density at radius 2 is 1.92 bits per heavy atom. The molecule has 2 fully saturated rings. The van der Waals surface area contributed by atoms with E-state index in [9.17, 15) is 14.7 Å². The smallest absolute Gasteiger partial charge is 0.326 e. The molecule has 1 aliphatic carbocycles. The fraction of sp³-hybridized carbons (Fsp3) is 0.556. The quantitative estimate of drug-likeness (QED) is 0.900. The van der Waals surface area contributed by atoms with Gasteiger partial charge in [-0.05, 0) is 37.3 Å². The highest BCUT2D eigenvalue weighted by Gasteiger charge is 2.48. The highest BCUT2D eigenvalue weighted by atomic mass is 16.6. The minimum Gasteiger partial charge on any atom is -0.486 e. The number of hydrogen-bond donors (Lipinski definition) is 1. The number of fused-ring (bicyclic) bond motifs is 2. The van der Waals surface area contributed by atoms with Crippen LogP contribution in [-0.2, 0) is 4.79 Å². The van der Waals surface area contributed by atoms with Gasteiger partial charge in [0.2, 0.25) is 0 Å². The summed E-state index contributed by atoms with van der Waals surface area (Å²) >= 11 is 0. The van der Waals surface area contributed by atoms with Crippen molar-refractivity contribution in [3.8, 4) is 11.5 Å². The molecule has 0 aromatic heterocycles. The summed E-state index contributed by atoms with van der Waals surface area (Å²) < 4.78 is 11.2. The maximum Gasteiger partial charge on any atom is 0.326 e. The van der Waals surface area contributed by atoms with Crippen molar-refractivity contribution >= 4 is 11.9 Å². The Hall–Kier alpha value is -2.24. The van der Waals surface area contributed by atoms with Crippen LogP contribution in [0.4, 0.5) is 0 Å². The molecule has 3 aliphatic rings. The molecule has 4 rings (SSSR count). The molecule has 128 valence electrons. The van der Waals surface area contributed by atoms with E-state index in [-0.39, 0.29) is 11.9 Å². The van der Waals surface area contributed by atoms with Crippen LogP contribution in [0.15, 0.2) is 18.2 Å². The zero-order valence-corrected chi connectivity index (χ0v) is 13.4. The summed E-state index contributed by atoms with van der Waals surface area (Å²) in [6, 6.07) is 4.50. The van der Waals surface area contributed by atoms with E-state index < -0.39 is 12.0 Å². The van der Waals surface area contributed by atoms with Crippen molar-refractivity contribution in [2.75, 3.05) is 13.2 Å². The van der Waals surface area contributed by atoms with Crippen LogP contribution >= 0.6 is 0 Å². The lowest BCUT2D eigenvalue weighted by Gasteiger charge is -2.33. The Balaban J connectivity index is 1.71. The minimum atomic E-state index is -0.917. The number of ether oxygens (including phenoxy) is 2. The SMILES string of the molecule is O=C(O)[C@@H]1C[C@@H]2CCCC[C@@H]2N1C(=O)c1cccc2c1OCCO2. The number of aliphatic carboxylic acids is 1. The number of benzene rings is 1. The summed E-state index contributed by atoms with van der Waals surface area (Å²) in [7, 11) is 0. The molecule has 6 heteroatoms. The first-order chi connectivity index (χ1) is 11.7. The maximum absolute atomic E-state index is 13.2. The lowest BCUT2D eigenvalue weighted by Crippen LogP contribution is -2.46. The van der Waals surface area contributed by atoms with Crippen molar-refractivity contribution in [2.45, 2.75) is 44.2 Å². The summed E-state index contributed by atoms with van der Waals surface area (Å²) in [4.78, 5) is 26.5. The van der Waals surface area contributed by atoms with Crippen molar-refractivity contribution in [3.63, 3.8) is 0 Å². The number of amides is 1. The van der Waals surface area contributed by atoms with Crippen molar-refractivity contribution in [1.29, 1.82) is 0 Å². The van der Waals surface area contributed by atoms with Crippen LogP contribution in [-0.4, -0.2) is 47.2 Å². The summed E-state index contributed by atoms with van der Waals surface area (Å²) in [6.07, 6.45) is 4.60. The number of carbonyl (C=O) groups excluding carboxylic acids is 1. The molecule has 2 heterocycles. The highest BCUT2D eigenvalue weighted by molar-refractivity contribution is 6.00. The summed E-state index contributed by atoms with van der Waals surface area (Å²) in [5.41, 5.74) is 0.407. The molecule has 6 nitrogen and oxygen atoms in total. The Morgan fingerprint density at radius 1 is 1.12 bits per heavy atom. The summed E-state index contributed by atoms with van der Waals surface area (Å²) in [5, 5.41) is 9.62. The predicted molar refractivity (Wildman–Crippen MR) is 85.4 cm³/mol. The van der Waals surface area contributed by atoms with Crippen LogP contribution < -0.4 is 9.47 Å². The number of carboxylic acids is 1. The van der Waals surface area contributed by atoms with E-state index in [4.69, 9.17) is 9.47 Å². The van der Waals surface area contributed by atoms with Crippen LogP contribution in [0.5, 0.6) is 11.5 Å². The number of nitrogens with zero attached hydrogens (tertiary/aromatic N) is 1. The zero-order valence-electron chi connectivity index (χ0n) is 13.4. The van der Waals surface area contributed by atoms with Crippen LogP contribution in [0.3, 0.4) is 0 Å². The van der Waals surface area contributed by atoms with Gasteiger partial charge in [-0.25, -0.2) is 4.79 Å². The van der Waals surface area contributed by atoms with E-state index in [2.05, 4.69) is 0 Å². The molecule has 0 bridgehead atoms. The fourth-order valence-corrected chi connectivity index (χ4v) is 4.35. The normalized spacial score (nSPS) is 28.3. The van der Waals surface area contributed by atoms with E-state index in [0.717, 1.165) is 25.7 Å². The first kappa shape index (κ1) is 15.3. The van der Waals surface area contributed by atoms with Crippen molar-refractivity contribution in [3.05, 3.63) is 23.8 Å². The van der Waals surface area contributed by atoms with Gasteiger partial charge >= 0.3 is 5.97 Å². The van der Waals surface area contributed by atoms with Gasteiger partial charge in [-0.15, -0.1) is 0 Å². The molecule has 1 N–H and O–H groups in total. The van der Waals surface area contributed by atoms with Crippen molar-refractivity contribution in [2.24, 2.45) is 5.92 Å². The molecule has 0 radical (unpaired) electrons. The van der Waals surface area contributed by atoms with Crippen LogP contribution in [0.1, 0.15) is 42.5 Å². The van der Waals surface area contributed by atoms with Crippen LogP contribution in [0, 0.1) is 5.92 Å². The Bertz CT molecular complexity index is 673. The lowest BCUT2D eigenvalue weighted by atomic mass is 9.84. The summed E-state index contributed by atoms with van der Waals surface area (Å²) in [5.74, 6) is 0.120. The minimum absolute atomic E-state index is 0.0210. The number of carbonyl (C=O) groups is 2. The van der Waals surface area contributed by atoms with Gasteiger partial charge < -0.3 is 19.5 Å². The second-order valence-corrected chi connectivity index (χ2v) is 6.74. The van der Waals surface area contributed by atoms with E-state index in [0.29, 0.717) is 42.6 Å². The number of rotatable bonds is 2. The third-order valence-electron chi connectivity index (χ3n) is 5.40. The molecule has 3 atom stereocenters. The second kappa shape index (κ2) is 6.00. The molecule has 1 aromatic rings. The van der Waals surface area contributed by atoms with Crippen molar-refractivity contribution < 1.29 is 24.2 Å². The molecule has 1 saturated heterocycles. The van der Waals surface area contributed by atoms with Gasteiger partial charge in [0.15, 0.2) is 11.5 Å². The highest BCUT2D eigenvalue weighted by Crippen LogP contribution is 2.42. The van der Waals surface area contributed by atoms with Gasteiger partial charge in [-0.3, -0.25) is 4.79 Å². The molecule has 1 aromatic carbocycles. The number of likely N-dealkylation sites (tertiary alicyclic amines) is 1. The van der Waals surface area contributed by atoms with Crippen molar-refractivity contribution in [1.82, 2.24) is 4.90 Å². The standard InChI is InChI=1S/C18H21NO5/c20-17(12-5-3-7-15-16(12)24-9-8-23-15)19-13-6-2-1-4-11(13)10-14(19)18(21)22/h3,5,7,11,13-14H,1-2,4,6,8-10H2,(H,21,22)/t11-,13-,14-/m0/s1. The van der Waals surface area contributed by atoms with E-state index in [1.165, 1.54) is 0 Å². The largest absolute Gasteiger partial charge is 0.486 e. The topological polar surface area (TPSA) is 76.1 Å². The molecule has 24 heavy (non-hydrogen) atoms. The zero-order chi connectivity index (χ0) is 16.7. The van der Waals surface area contributed by atoms with E-state index in [1.807, 2.05) is 0 Å². The summed E-state index contributed by atoms with van der Waals surface area (Å²) in [6.45, 7) is 0.850. The molecule has 0 unspecified atom stereocenters. The molecular weight excluding hydrogens is 310 g/mol. The third-order valence-corrected chi connectivity index (χ3v) is 5.40. The van der Waals surface area contributed by atoms with E-state index >= 15 is 0 Å². The van der Waals surface area contributed by atoms with E-state index in [1.54, 1.807) is 23.1 Å². The molecule has 2 aliphatic heterocycles. The van der Waals surface area contributed by atoms with Gasteiger partial charge in [0.05, 0.1) is 5.56 Å². The molecule has 1 amide bonds. The van der Waals surface area contributed by atoms with Gasteiger partial charge in [0, 0.05) is 6.04 Å². The third kappa shape index (κ3) is 2.41. The average molecular weight is 331 g/mol. The van der Waals surface area contributed by atoms with Gasteiger partial charge in [0.25, 0.3) is 5.91 Å². The van der Waals surface area contributed by atoms with Crippen LogP contribution in [0.2, 0.25) is 0 Å². The molecule has 0 spiro atoms. The second-order valence-electron chi connectivity index (χ2n) is 6.74. The van der Waals surface area contributed by atoms with Gasteiger partial charge in [-0.1, -0.05) is 18.9 Å². The molecule has 1 saturated carbocycles. The monoisotopic (exact) mass is 331 g/mol. The van der Waals surface area contributed by atoms with Gasteiger partial charge in [0.1, 0.15) is 19.3 Å². The number of hydrogen-bond acceptors (Lipinski definition) is 4. The first-order valence-corrected chi connectivity index (χ1v) is 8.61. The predicted octanol–water partition coefficient (Wildman–Crippen LogP) is 2.32. The Labute approximate surface area is 140 Å². The average Bonchev–Trinajstić information content (AvgIpc) is 3.00.